The van der Waals surface area contributed by atoms with Crippen molar-refractivity contribution in [3.05, 3.63) is 46.5 Å². The van der Waals surface area contributed by atoms with E-state index in [9.17, 15) is 14.9 Å². The molecule has 25 heavy (non-hydrogen) atoms. The molecule has 1 amide bonds. The van der Waals surface area contributed by atoms with E-state index < -0.39 is 4.92 Å². The number of carbonyl (C=O) groups excluding carboxylic acids is 1. The molecule has 1 aromatic carbocycles. The van der Waals surface area contributed by atoms with Gasteiger partial charge in [0.25, 0.3) is 11.6 Å². The van der Waals surface area contributed by atoms with E-state index in [4.69, 9.17) is 5.73 Å². The second-order valence-electron chi connectivity index (χ2n) is 6.29. The molecule has 1 saturated heterocycles. The molecule has 0 saturated carbocycles. The maximum atomic E-state index is 12.7. The van der Waals surface area contributed by atoms with Crippen molar-refractivity contribution in [3.8, 4) is 5.69 Å². The Hall–Kier alpha value is -2.52. The third-order valence-corrected chi connectivity index (χ3v) is 4.42. The quantitative estimate of drug-likeness (QED) is 0.645. The molecule has 0 bridgehead atoms. The number of aromatic nitrogens is 3. The average molecular weight is 367 g/mol. The second kappa shape index (κ2) is 7.16. The minimum Gasteiger partial charge on any atom is -0.338 e. The van der Waals surface area contributed by atoms with Crippen molar-refractivity contribution in [3.63, 3.8) is 0 Å². The zero-order chi connectivity index (χ0) is 17.3. The molecular formula is C15H19ClN6O3. The Morgan fingerprint density at radius 3 is 2.80 bits per heavy atom. The molecule has 1 aliphatic rings. The summed E-state index contributed by atoms with van der Waals surface area (Å²) in [4.78, 5) is 29.0. The van der Waals surface area contributed by atoms with Crippen LogP contribution in [0.5, 0.6) is 0 Å². The number of hydrogen-bond donors (Lipinski definition) is 1. The number of carbonyl (C=O) groups is 1. The summed E-state index contributed by atoms with van der Waals surface area (Å²) in [6, 6.07) is 4.38. The molecule has 1 unspecified atom stereocenters. The van der Waals surface area contributed by atoms with Crippen LogP contribution in [0.3, 0.4) is 0 Å². The lowest BCUT2D eigenvalue weighted by atomic mass is 9.90. The first kappa shape index (κ1) is 18.8. The first-order chi connectivity index (χ1) is 11.4. The number of amides is 1. The third-order valence-electron chi connectivity index (χ3n) is 4.42. The molecule has 2 heterocycles. The van der Waals surface area contributed by atoms with E-state index in [1.54, 1.807) is 11.0 Å². The molecule has 9 nitrogen and oxygen atoms in total. The van der Waals surface area contributed by atoms with E-state index in [2.05, 4.69) is 10.1 Å². The Kier molecular flexibility index (Phi) is 5.39. The Morgan fingerprint density at radius 2 is 2.24 bits per heavy atom. The van der Waals surface area contributed by atoms with Crippen molar-refractivity contribution in [1.29, 1.82) is 0 Å². The minimum absolute atomic E-state index is 0. The highest BCUT2D eigenvalue weighted by atomic mass is 35.5. The highest BCUT2D eigenvalue weighted by Gasteiger charge is 2.35. The van der Waals surface area contributed by atoms with E-state index in [0.717, 1.165) is 6.42 Å². The summed E-state index contributed by atoms with van der Waals surface area (Å²) in [6.45, 7) is 3.70. The van der Waals surface area contributed by atoms with Gasteiger partial charge in [-0.1, -0.05) is 6.92 Å². The van der Waals surface area contributed by atoms with Crippen LogP contribution < -0.4 is 5.73 Å². The fraction of sp³-hybridized carbons (Fsp3) is 0.400. The largest absolute Gasteiger partial charge is 0.338 e. The van der Waals surface area contributed by atoms with Gasteiger partial charge in [-0.25, -0.2) is 9.67 Å². The molecule has 0 radical (unpaired) electrons. The van der Waals surface area contributed by atoms with Gasteiger partial charge < -0.3 is 10.6 Å². The lowest BCUT2D eigenvalue weighted by Gasteiger charge is -2.22. The van der Waals surface area contributed by atoms with Crippen LogP contribution in [0.4, 0.5) is 5.69 Å². The summed E-state index contributed by atoms with van der Waals surface area (Å²) in [5.74, 6) is -0.222. The highest BCUT2D eigenvalue weighted by Crippen LogP contribution is 2.30. The zero-order valence-corrected chi connectivity index (χ0v) is 14.5. The Bertz CT molecular complexity index is 782. The molecule has 10 heteroatoms. The van der Waals surface area contributed by atoms with Crippen LogP contribution in [-0.2, 0) is 0 Å². The van der Waals surface area contributed by atoms with Crippen LogP contribution in [0.25, 0.3) is 5.69 Å². The van der Waals surface area contributed by atoms with E-state index >= 15 is 0 Å². The predicted molar refractivity (Wildman–Crippen MR) is 92.9 cm³/mol. The predicted octanol–water partition coefficient (Wildman–Crippen LogP) is 1.41. The SMILES string of the molecule is CC1(CN)CCN(C(=O)c2ccc(-n3cncn3)c([N+](=O)[O-])c2)C1.Cl. The molecule has 1 atom stereocenters. The van der Waals surface area contributed by atoms with Gasteiger partial charge in [0.1, 0.15) is 18.3 Å². The summed E-state index contributed by atoms with van der Waals surface area (Å²) in [5, 5.41) is 15.3. The fourth-order valence-electron chi connectivity index (χ4n) is 2.88. The average Bonchev–Trinajstić information content (AvgIpc) is 3.24. The van der Waals surface area contributed by atoms with Crippen molar-refractivity contribution >= 4 is 24.0 Å². The summed E-state index contributed by atoms with van der Waals surface area (Å²) in [5.41, 5.74) is 6.03. The van der Waals surface area contributed by atoms with Gasteiger partial charge in [-0.2, -0.15) is 5.10 Å². The molecule has 2 N–H and O–H groups in total. The van der Waals surface area contributed by atoms with E-state index in [1.807, 2.05) is 6.92 Å². The Morgan fingerprint density at radius 1 is 1.48 bits per heavy atom. The molecule has 1 aromatic heterocycles. The smallest absolute Gasteiger partial charge is 0.295 e. The number of benzene rings is 1. The summed E-state index contributed by atoms with van der Waals surface area (Å²) in [7, 11) is 0. The summed E-state index contributed by atoms with van der Waals surface area (Å²) >= 11 is 0. The van der Waals surface area contributed by atoms with Gasteiger partial charge in [0.2, 0.25) is 0 Å². The normalized spacial score (nSPS) is 19.5. The van der Waals surface area contributed by atoms with Gasteiger partial charge in [0.15, 0.2) is 0 Å². The third kappa shape index (κ3) is 3.62. The van der Waals surface area contributed by atoms with Crippen molar-refractivity contribution in [1.82, 2.24) is 19.7 Å². The topological polar surface area (TPSA) is 120 Å². The number of likely N-dealkylation sites (tertiary alicyclic amines) is 1. The van der Waals surface area contributed by atoms with Gasteiger partial charge in [0, 0.05) is 24.7 Å². The monoisotopic (exact) mass is 366 g/mol. The maximum Gasteiger partial charge on any atom is 0.295 e. The zero-order valence-electron chi connectivity index (χ0n) is 13.7. The lowest BCUT2D eigenvalue weighted by Crippen LogP contribution is -2.34. The maximum absolute atomic E-state index is 12.7. The molecular weight excluding hydrogens is 348 g/mol. The highest BCUT2D eigenvalue weighted by molar-refractivity contribution is 5.95. The number of nitro benzene ring substituents is 1. The van der Waals surface area contributed by atoms with Crippen LogP contribution in [0, 0.1) is 15.5 Å². The van der Waals surface area contributed by atoms with Gasteiger partial charge in [0.05, 0.1) is 4.92 Å². The number of nitro groups is 1. The fourth-order valence-corrected chi connectivity index (χ4v) is 2.88. The number of halogens is 1. The molecule has 3 rings (SSSR count). The number of hydrogen-bond acceptors (Lipinski definition) is 6. The van der Waals surface area contributed by atoms with E-state index in [0.29, 0.717) is 19.6 Å². The van der Waals surface area contributed by atoms with Crippen LogP contribution in [0.1, 0.15) is 23.7 Å². The number of nitrogens with zero attached hydrogens (tertiary/aromatic N) is 5. The number of nitrogens with two attached hydrogens (primary N) is 1. The lowest BCUT2D eigenvalue weighted by molar-refractivity contribution is -0.384. The summed E-state index contributed by atoms with van der Waals surface area (Å²) < 4.78 is 1.30. The summed E-state index contributed by atoms with van der Waals surface area (Å²) in [6.07, 6.45) is 3.49. The van der Waals surface area contributed by atoms with Crippen LogP contribution in [0.15, 0.2) is 30.9 Å². The first-order valence-corrected chi connectivity index (χ1v) is 7.56. The standard InChI is InChI=1S/C15H18N6O3.ClH/c1-15(7-16)4-5-19(8-15)14(22)11-2-3-12(13(6-11)21(23)24)20-10-17-9-18-20;/h2-3,6,9-10H,4-5,7-8,16H2,1H3;1H. The second-order valence-corrected chi connectivity index (χ2v) is 6.29. The van der Waals surface area contributed by atoms with Crippen molar-refractivity contribution in [2.24, 2.45) is 11.1 Å². The van der Waals surface area contributed by atoms with Gasteiger partial charge in [-0.3, -0.25) is 14.9 Å². The molecule has 0 spiro atoms. The van der Waals surface area contributed by atoms with Crippen LogP contribution in [-0.4, -0.2) is 50.1 Å². The Labute approximate surface area is 150 Å². The van der Waals surface area contributed by atoms with Crippen molar-refractivity contribution < 1.29 is 9.72 Å². The molecule has 1 fully saturated rings. The molecule has 134 valence electrons. The first-order valence-electron chi connectivity index (χ1n) is 7.56. The molecule has 2 aromatic rings. The van der Waals surface area contributed by atoms with Gasteiger partial charge >= 0.3 is 0 Å². The van der Waals surface area contributed by atoms with Gasteiger partial charge in [-0.15, -0.1) is 12.4 Å². The molecule has 1 aliphatic heterocycles. The van der Waals surface area contributed by atoms with E-state index in [-0.39, 0.29) is 40.7 Å². The molecule has 0 aliphatic carbocycles. The van der Waals surface area contributed by atoms with Crippen molar-refractivity contribution in [2.75, 3.05) is 19.6 Å². The van der Waals surface area contributed by atoms with Crippen LogP contribution >= 0.6 is 12.4 Å². The van der Waals surface area contributed by atoms with Crippen LogP contribution in [0.2, 0.25) is 0 Å². The number of rotatable bonds is 4. The van der Waals surface area contributed by atoms with Crippen molar-refractivity contribution in [2.45, 2.75) is 13.3 Å². The van der Waals surface area contributed by atoms with Gasteiger partial charge in [-0.05, 0) is 30.5 Å². The minimum atomic E-state index is -0.526. The Balaban J connectivity index is 0.00000225. The van der Waals surface area contributed by atoms with E-state index in [1.165, 1.54) is 29.5 Å².